The van der Waals surface area contributed by atoms with Crippen LogP contribution < -0.4 is 5.32 Å². The molecule has 2 heterocycles. The van der Waals surface area contributed by atoms with Gasteiger partial charge in [0.05, 0.1) is 16.2 Å². The second kappa shape index (κ2) is 12.1. The third kappa shape index (κ3) is 6.37. The summed E-state index contributed by atoms with van der Waals surface area (Å²) in [5.41, 5.74) is 4.63. The minimum Gasteiger partial charge on any atom is -0.325 e. The Morgan fingerprint density at radius 1 is 1.02 bits per heavy atom. The molecule has 0 saturated carbocycles. The molecule has 9 heteroatoms. The smallest absolute Gasteiger partial charge is 0.243 e. The number of benzene rings is 3. The SMILES string of the molecule is CCc1ccc2nc(-c3cccc(C)c3)nc(SCC(=O)Nc3ccc(S(=O)(=O)N4CCC(C)CC4)cc3)c2c1. The van der Waals surface area contributed by atoms with Gasteiger partial charge in [0.2, 0.25) is 15.9 Å². The maximum Gasteiger partial charge on any atom is 0.243 e. The lowest BCUT2D eigenvalue weighted by molar-refractivity contribution is -0.113. The first-order chi connectivity index (χ1) is 19.2. The minimum absolute atomic E-state index is 0.154. The molecule has 3 aromatic carbocycles. The third-order valence-corrected chi connectivity index (χ3v) is 10.2. The van der Waals surface area contributed by atoms with Gasteiger partial charge in [0, 0.05) is 29.7 Å². The van der Waals surface area contributed by atoms with Gasteiger partial charge in [0.15, 0.2) is 5.82 Å². The number of fused-ring (bicyclic) bond motifs is 1. The summed E-state index contributed by atoms with van der Waals surface area (Å²) in [5.74, 6) is 1.14. The molecule has 7 nitrogen and oxygen atoms in total. The second-order valence-corrected chi connectivity index (χ2v) is 13.3. The largest absolute Gasteiger partial charge is 0.325 e. The summed E-state index contributed by atoms with van der Waals surface area (Å²) in [7, 11) is -3.53. The molecule has 4 aromatic rings. The zero-order valence-electron chi connectivity index (χ0n) is 23.1. The van der Waals surface area contributed by atoms with E-state index in [-0.39, 0.29) is 16.6 Å². The average Bonchev–Trinajstić information content (AvgIpc) is 2.96. The van der Waals surface area contributed by atoms with Gasteiger partial charge in [0.1, 0.15) is 5.03 Å². The van der Waals surface area contributed by atoms with Crippen molar-refractivity contribution in [2.45, 2.75) is 50.0 Å². The quantitative estimate of drug-likeness (QED) is 0.196. The van der Waals surface area contributed by atoms with Crippen LogP contribution in [0.1, 0.15) is 37.8 Å². The van der Waals surface area contributed by atoms with Gasteiger partial charge in [-0.1, -0.05) is 55.4 Å². The summed E-state index contributed by atoms with van der Waals surface area (Å²) in [6.45, 7) is 7.38. The molecule has 0 spiro atoms. The van der Waals surface area contributed by atoms with E-state index >= 15 is 0 Å². The van der Waals surface area contributed by atoms with E-state index in [1.807, 2.05) is 31.2 Å². The molecular weight excluding hydrogens is 541 g/mol. The molecule has 40 heavy (non-hydrogen) atoms. The molecule has 0 radical (unpaired) electrons. The van der Waals surface area contributed by atoms with Crippen LogP contribution >= 0.6 is 11.8 Å². The second-order valence-electron chi connectivity index (χ2n) is 10.4. The van der Waals surface area contributed by atoms with Crippen LogP contribution in [0, 0.1) is 12.8 Å². The molecule has 1 fully saturated rings. The Bertz CT molecular complexity index is 1630. The Morgan fingerprint density at radius 2 is 1.77 bits per heavy atom. The van der Waals surface area contributed by atoms with Crippen LogP contribution in [0.4, 0.5) is 5.69 Å². The topological polar surface area (TPSA) is 92.3 Å². The van der Waals surface area contributed by atoms with Crippen LogP contribution in [0.15, 0.2) is 76.7 Å². The number of nitrogens with zero attached hydrogens (tertiary/aromatic N) is 3. The number of carbonyl (C=O) groups excluding carboxylic acids is 1. The van der Waals surface area contributed by atoms with E-state index in [1.54, 1.807) is 28.6 Å². The molecule has 0 atom stereocenters. The van der Waals surface area contributed by atoms with Crippen molar-refractivity contribution in [3.8, 4) is 11.4 Å². The summed E-state index contributed by atoms with van der Waals surface area (Å²) in [6, 6.07) is 20.7. The Kier molecular flexibility index (Phi) is 8.54. The highest BCUT2D eigenvalue weighted by Gasteiger charge is 2.28. The molecule has 0 bridgehead atoms. The lowest BCUT2D eigenvalue weighted by Gasteiger charge is -2.29. The number of anilines is 1. The van der Waals surface area contributed by atoms with Gasteiger partial charge in [-0.05, 0) is 80.1 Å². The van der Waals surface area contributed by atoms with Crippen LogP contribution in [0.2, 0.25) is 0 Å². The summed E-state index contributed by atoms with van der Waals surface area (Å²) in [5, 5.41) is 4.57. The molecule has 1 saturated heterocycles. The van der Waals surface area contributed by atoms with Crippen molar-refractivity contribution in [3.05, 3.63) is 77.9 Å². The average molecular weight is 575 g/mol. The van der Waals surface area contributed by atoms with Gasteiger partial charge in [-0.15, -0.1) is 0 Å². The number of carbonyl (C=O) groups is 1. The number of nitrogens with one attached hydrogen (secondary N) is 1. The fourth-order valence-corrected chi connectivity index (χ4v) is 7.09. The zero-order valence-corrected chi connectivity index (χ0v) is 24.7. The molecule has 1 N–H and O–H groups in total. The molecular formula is C31H34N4O3S2. The summed E-state index contributed by atoms with van der Waals surface area (Å²) >= 11 is 1.37. The Morgan fingerprint density at radius 3 is 2.48 bits per heavy atom. The van der Waals surface area contributed by atoms with Crippen molar-refractivity contribution in [1.82, 2.24) is 14.3 Å². The maximum absolute atomic E-state index is 13.0. The summed E-state index contributed by atoms with van der Waals surface area (Å²) < 4.78 is 27.6. The van der Waals surface area contributed by atoms with Gasteiger partial charge in [-0.3, -0.25) is 4.79 Å². The molecule has 5 rings (SSSR count). The molecule has 1 amide bonds. The number of hydrogen-bond donors (Lipinski definition) is 1. The van der Waals surface area contributed by atoms with Gasteiger partial charge in [-0.25, -0.2) is 18.4 Å². The number of amides is 1. The number of piperidine rings is 1. The highest BCUT2D eigenvalue weighted by molar-refractivity contribution is 8.00. The Balaban J connectivity index is 1.30. The minimum atomic E-state index is -3.53. The fourth-order valence-electron chi connectivity index (χ4n) is 4.81. The van der Waals surface area contributed by atoms with Gasteiger partial charge in [0.25, 0.3) is 0 Å². The van der Waals surface area contributed by atoms with Crippen molar-refractivity contribution in [2.75, 3.05) is 24.2 Å². The number of aromatic nitrogens is 2. The molecule has 1 aromatic heterocycles. The van der Waals surface area contributed by atoms with Crippen LogP contribution in [0.25, 0.3) is 22.3 Å². The molecule has 0 aliphatic carbocycles. The summed E-state index contributed by atoms with van der Waals surface area (Å²) in [6.07, 6.45) is 2.64. The highest BCUT2D eigenvalue weighted by Crippen LogP contribution is 2.30. The number of hydrogen-bond acceptors (Lipinski definition) is 6. The zero-order chi connectivity index (χ0) is 28.3. The Hall–Kier alpha value is -3.27. The predicted octanol–water partition coefficient (Wildman–Crippen LogP) is 6.32. The lowest BCUT2D eigenvalue weighted by Crippen LogP contribution is -2.37. The van der Waals surface area contributed by atoms with Crippen molar-refractivity contribution in [3.63, 3.8) is 0 Å². The molecule has 1 aliphatic heterocycles. The number of aryl methyl sites for hydroxylation is 2. The van der Waals surface area contributed by atoms with Crippen molar-refractivity contribution in [1.29, 1.82) is 0 Å². The van der Waals surface area contributed by atoms with E-state index in [4.69, 9.17) is 9.97 Å². The van der Waals surface area contributed by atoms with E-state index in [9.17, 15) is 13.2 Å². The number of thioether (sulfide) groups is 1. The standard InChI is InChI=1S/C31H34N4O3S2/c1-4-23-8-13-28-27(19-23)31(34-30(33-28)24-7-5-6-22(3)18-24)39-20-29(36)32-25-9-11-26(12-10-25)40(37,38)35-16-14-21(2)15-17-35/h5-13,18-19,21H,4,14-17,20H2,1-3H3,(H,32,36). The van der Waals surface area contributed by atoms with Crippen LogP contribution in [-0.2, 0) is 21.2 Å². The fraction of sp³-hybridized carbons (Fsp3) is 0.323. The summed E-state index contributed by atoms with van der Waals surface area (Å²) in [4.78, 5) is 22.8. The van der Waals surface area contributed by atoms with Gasteiger partial charge >= 0.3 is 0 Å². The van der Waals surface area contributed by atoms with E-state index < -0.39 is 10.0 Å². The van der Waals surface area contributed by atoms with Crippen molar-refractivity contribution >= 4 is 44.3 Å². The highest BCUT2D eigenvalue weighted by atomic mass is 32.2. The third-order valence-electron chi connectivity index (χ3n) is 7.27. The Labute approximate surface area is 240 Å². The molecule has 208 valence electrons. The number of sulfonamides is 1. The first kappa shape index (κ1) is 28.3. The molecule has 0 unspecified atom stereocenters. The van der Waals surface area contributed by atoms with E-state index in [2.05, 4.69) is 37.4 Å². The van der Waals surface area contributed by atoms with E-state index in [0.717, 1.165) is 46.3 Å². The van der Waals surface area contributed by atoms with Crippen molar-refractivity contribution < 1.29 is 13.2 Å². The number of rotatable bonds is 8. The monoisotopic (exact) mass is 574 g/mol. The normalized spacial score (nSPS) is 14.9. The van der Waals surface area contributed by atoms with Crippen LogP contribution in [-0.4, -0.2) is 47.4 Å². The van der Waals surface area contributed by atoms with Crippen molar-refractivity contribution in [2.24, 2.45) is 5.92 Å². The van der Waals surface area contributed by atoms with E-state index in [1.165, 1.54) is 17.3 Å². The predicted molar refractivity (Wildman–Crippen MR) is 162 cm³/mol. The van der Waals surface area contributed by atoms with Crippen LogP contribution in [0.5, 0.6) is 0 Å². The van der Waals surface area contributed by atoms with Crippen LogP contribution in [0.3, 0.4) is 0 Å². The molecule has 1 aliphatic rings. The first-order valence-electron chi connectivity index (χ1n) is 13.6. The van der Waals surface area contributed by atoms with E-state index in [0.29, 0.717) is 30.5 Å². The van der Waals surface area contributed by atoms with Gasteiger partial charge < -0.3 is 5.32 Å². The first-order valence-corrected chi connectivity index (χ1v) is 16.1. The van der Waals surface area contributed by atoms with Gasteiger partial charge in [-0.2, -0.15) is 4.31 Å². The maximum atomic E-state index is 13.0. The lowest BCUT2D eigenvalue weighted by atomic mass is 10.0.